The van der Waals surface area contributed by atoms with Gasteiger partial charge in [-0.25, -0.2) is 9.37 Å². The molecule has 3 aromatic heterocycles. The molecule has 0 amide bonds. The summed E-state index contributed by atoms with van der Waals surface area (Å²) in [6.45, 7) is 0. The van der Waals surface area contributed by atoms with Gasteiger partial charge in [0.1, 0.15) is 31.0 Å². The van der Waals surface area contributed by atoms with Crippen molar-refractivity contribution in [2.45, 2.75) is 12.3 Å². The molecule has 1 N–H and O–H groups in total. The lowest BCUT2D eigenvalue weighted by Crippen LogP contribution is -2.46. The highest BCUT2D eigenvalue weighted by Crippen LogP contribution is 2.31. The molecule has 0 saturated heterocycles. The lowest BCUT2D eigenvalue weighted by molar-refractivity contribution is -0.890. The Morgan fingerprint density at radius 2 is 1.92 bits per heavy atom. The van der Waals surface area contributed by atoms with Crippen molar-refractivity contribution < 1.29 is 14.0 Å². The van der Waals surface area contributed by atoms with Gasteiger partial charge < -0.3 is 4.98 Å². The molecule has 0 saturated carbocycles. The number of fused-ring (bicyclic) bond motifs is 1. The van der Waals surface area contributed by atoms with Gasteiger partial charge in [-0.3, -0.25) is 4.84 Å². The molecule has 188 valence electrons. The van der Waals surface area contributed by atoms with Crippen LogP contribution < -0.4 is 9.57 Å². The van der Waals surface area contributed by atoms with Gasteiger partial charge in [0.15, 0.2) is 0 Å². The number of imidazole rings is 1. The van der Waals surface area contributed by atoms with Gasteiger partial charge in [0, 0.05) is 27.4 Å². The average Bonchev–Trinajstić information content (AvgIpc) is 3.62. The standard InChI is InChI=1S/C28H22ClFN7O/c1-38-37-16-19(22-14-20(29)8-12-26(22)36-17-31-34-35-36)7-11-27(37)23(13-18-5-3-2-4-6-18)28-32-24-10-9-21(30)15-25(24)33-28/h2-12,14-17,23H,13H2,1H3,(H,32,33)/q+1/t23-/m1/s1. The van der Waals surface area contributed by atoms with Crippen LogP contribution in [0.4, 0.5) is 4.39 Å². The molecule has 0 radical (unpaired) electrons. The molecule has 0 bridgehead atoms. The molecule has 0 aliphatic rings. The fourth-order valence-electron chi connectivity index (χ4n) is 4.65. The molecule has 0 unspecified atom stereocenters. The van der Waals surface area contributed by atoms with Gasteiger partial charge in [-0.2, -0.15) is 4.68 Å². The van der Waals surface area contributed by atoms with Crippen molar-refractivity contribution >= 4 is 22.6 Å². The molecule has 6 rings (SSSR count). The summed E-state index contributed by atoms with van der Waals surface area (Å²) in [6.07, 6.45) is 4.08. The summed E-state index contributed by atoms with van der Waals surface area (Å²) in [6, 6.07) is 24.2. The minimum Gasteiger partial charge on any atom is -0.341 e. The number of aromatic amines is 1. The summed E-state index contributed by atoms with van der Waals surface area (Å²) in [5.41, 5.74) is 5.80. The van der Waals surface area contributed by atoms with Crippen molar-refractivity contribution in [3.8, 4) is 16.8 Å². The number of pyridine rings is 1. The number of nitrogens with zero attached hydrogens (tertiary/aromatic N) is 6. The van der Waals surface area contributed by atoms with Gasteiger partial charge in [0.2, 0.25) is 11.9 Å². The van der Waals surface area contributed by atoms with E-state index in [4.69, 9.17) is 21.4 Å². The summed E-state index contributed by atoms with van der Waals surface area (Å²) in [5, 5.41) is 12.1. The van der Waals surface area contributed by atoms with E-state index in [9.17, 15) is 4.39 Å². The van der Waals surface area contributed by atoms with Crippen molar-refractivity contribution in [1.29, 1.82) is 0 Å². The molecule has 6 aromatic rings. The summed E-state index contributed by atoms with van der Waals surface area (Å²) in [5.74, 6) is 0.178. The van der Waals surface area contributed by atoms with E-state index < -0.39 is 0 Å². The first-order chi connectivity index (χ1) is 18.6. The zero-order chi connectivity index (χ0) is 26.1. The Bertz CT molecular complexity index is 1720. The van der Waals surface area contributed by atoms with Gasteiger partial charge in [0.25, 0.3) is 0 Å². The fourth-order valence-corrected chi connectivity index (χ4v) is 4.82. The van der Waals surface area contributed by atoms with Gasteiger partial charge in [-0.15, -0.1) is 5.10 Å². The van der Waals surface area contributed by atoms with E-state index >= 15 is 0 Å². The Kier molecular flexibility index (Phi) is 6.27. The van der Waals surface area contributed by atoms with Crippen LogP contribution in [0.1, 0.15) is 23.0 Å². The smallest absolute Gasteiger partial charge is 0.245 e. The van der Waals surface area contributed by atoms with Crippen molar-refractivity contribution in [1.82, 2.24) is 30.2 Å². The quantitative estimate of drug-likeness (QED) is 0.304. The molecule has 0 aliphatic heterocycles. The van der Waals surface area contributed by atoms with Gasteiger partial charge in [-0.1, -0.05) is 41.9 Å². The van der Waals surface area contributed by atoms with E-state index in [1.165, 1.54) is 18.5 Å². The zero-order valence-electron chi connectivity index (χ0n) is 20.3. The van der Waals surface area contributed by atoms with E-state index in [0.717, 1.165) is 33.6 Å². The predicted molar refractivity (Wildman–Crippen MR) is 140 cm³/mol. The Morgan fingerprint density at radius 3 is 2.71 bits per heavy atom. The summed E-state index contributed by atoms with van der Waals surface area (Å²) < 4.78 is 17.2. The highest BCUT2D eigenvalue weighted by atomic mass is 35.5. The Hall–Kier alpha value is -4.63. The monoisotopic (exact) mass is 526 g/mol. The number of hydrogen-bond acceptors (Lipinski definition) is 5. The summed E-state index contributed by atoms with van der Waals surface area (Å²) in [7, 11) is 1.61. The normalized spacial score (nSPS) is 12.1. The summed E-state index contributed by atoms with van der Waals surface area (Å²) >= 11 is 6.37. The number of rotatable bonds is 7. The van der Waals surface area contributed by atoms with E-state index in [0.29, 0.717) is 22.8 Å². The SMILES string of the molecule is CO[n+]1cc(-c2cc(Cl)ccc2-n2cnnn2)ccc1[C@@H](Cc1ccccc1)c1nc2cc(F)ccc2[nH]1. The minimum atomic E-state index is -0.327. The maximum atomic E-state index is 13.9. The molecule has 10 heteroatoms. The molecule has 1 atom stereocenters. The lowest BCUT2D eigenvalue weighted by Gasteiger charge is -2.14. The second-order valence-corrected chi connectivity index (χ2v) is 9.23. The van der Waals surface area contributed by atoms with Crippen LogP contribution in [-0.2, 0) is 6.42 Å². The first-order valence-electron chi connectivity index (χ1n) is 11.9. The molecule has 3 heterocycles. The average molecular weight is 527 g/mol. The van der Waals surface area contributed by atoms with Crippen LogP contribution in [0.15, 0.2) is 91.4 Å². The topological polar surface area (TPSA) is 85.4 Å². The molecular formula is C28H22ClFN7O+. The first kappa shape index (κ1) is 23.7. The van der Waals surface area contributed by atoms with Crippen LogP contribution >= 0.6 is 11.6 Å². The fraction of sp³-hybridized carbons (Fsp3) is 0.107. The number of halogens is 2. The lowest BCUT2D eigenvalue weighted by atomic mass is 9.94. The third-order valence-electron chi connectivity index (χ3n) is 6.44. The van der Waals surface area contributed by atoms with E-state index in [2.05, 4.69) is 32.6 Å². The maximum absolute atomic E-state index is 13.9. The van der Waals surface area contributed by atoms with E-state index in [1.54, 1.807) is 28.7 Å². The number of hydrogen-bond donors (Lipinski definition) is 1. The number of nitrogens with one attached hydrogen (secondary N) is 1. The molecule has 8 nitrogen and oxygen atoms in total. The predicted octanol–water partition coefficient (Wildman–Crippen LogP) is 4.72. The van der Waals surface area contributed by atoms with Crippen LogP contribution in [0, 0.1) is 5.82 Å². The second-order valence-electron chi connectivity index (χ2n) is 8.79. The Morgan fingerprint density at radius 1 is 1.05 bits per heavy atom. The molecule has 38 heavy (non-hydrogen) atoms. The highest BCUT2D eigenvalue weighted by molar-refractivity contribution is 6.31. The summed E-state index contributed by atoms with van der Waals surface area (Å²) in [4.78, 5) is 14.0. The van der Waals surface area contributed by atoms with E-state index in [-0.39, 0.29) is 11.7 Å². The molecule has 0 spiro atoms. The number of tetrazole rings is 1. The Balaban J connectivity index is 1.48. The first-order valence-corrected chi connectivity index (χ1v) is 12.3. The number of H-pyrrole nitrogens is 1. The van der Waals surface area contributed by atoms with Gasteiger partial charge >= 0.3 is 0 Å². The van der Waals surface area contributed by atoms with Crippen LogP contribution in [0.3, 0.4) is 0 Å². The molecule has 0 aliphatic carbocycles. The van der Waals surface area contributed by atoms with Gasteiger partial charge in [0.05, 0.1) is 22.3 Å². The van der Waals surface area contributed by atoms with Gasteiger partial charge in [-0.05, 0) is 58.8 Å². The van der Waals surface area contributed by atoms with Crippen LogP contribution in [0.2, 0.25) is 5.02 Å². The van der Waals surface area contributed by atoms with Crippen molar-refractivity contribution in [2.24, 2.45) is 0 Å². The third-order valence-corrected chi connectivity index (χ3v) is 6.67. The molecule has 3 aromatic carbocycles. The molecule has 0 fully saturated rings. The van der Waals surface area contributed by atoms with Crippen LogP contribution in [-0.4, -0.2) is 37.3 Å². The van der Waals surface area contributed by atoms with Crippen molar-refractivity contribution in [3.05, 3.63) is 119 Å². The van der Waals surface area contributed by atoms with E-state index in [1.807, 2.05) is 48.7 Å². The highest BCUT2D eigenvalue weighted by Gasteiger charge is 2.30. The second kappa shape index (κ2) is 10.0. The van der Waals surface area contributed by atoms with Crippen LogP contribution in [0.25, 0.3) is 27.8 Å². The zero-order valence-corrected chi connectivity index (χ0v) is 21.0. The number of aromatic nitrogens is 7. The molecular weight excluding hydrogens is 505 g/mol. The van der Waals surface area contributed by atoms with Crippen molar-refractivity contribution in [2.75, 3.05) is 7.11 Å². The minimum absolute atomic E-state index is 0.208. The van der Waals surface area contributed by atoms with Crippen molar-refractivity contribution in [3.63, 3.8) is 0 Å². The largest absolute Gasteiger partial charge is 0.341 e. The van der Waals surface area contributed by atoms with Crippen LogP contribution in [0.5, 0.6) is 0 Å². The maximum Gasteiger partial charge on any atom is 0.245 e. The third kappa shape index (κ3) is 4.59. The Labute approximate surface area is 222 Å². The number of benzene rings is 3.